The lowest BCUT2D eigenvalue weighted by Crippen LogP contribution is -2.36. The normalized spacial score (nSPS) is 10.7. The van der Waals surface area contributed by atoms with Crippen LogP contribution in [0.2, 0.25) is 0 Å². The van der Waals surface area contributed by atoms with Gasteiger partial charge in [-0.15, -0.1) is 24.0 Å². The second-order valence-corrected chi connectivity index (χ2v) is 5.25. The predicted octanol–water partition coefficient (Wildman–Crippen LogP) is 3.74. The van der Waals surface area contributed by atoms with Crippen LogP contribution in [0.5, 0.6) is 5.75 Å². The van der Waals surface area contributed by atoms with Crippen LogP contribution in [0.3, 0.4) is 0 Å². The SMILES string of the molecule is CCc1ccccc1CNC(=NC)NCc1cccc(OC)c1.I. The Hall–Kier alpha value is -1.76. The highest BCUT2D eigenvalue weighted by atomic mass is 127. The lowest BCUT2D eigenvalue weighted by Gasteiger charge is -2.14. The molecule has 4 nitrogen and oxygen atoms in total. The minimum absolute atomic E-state index is 0. The van der Waals surface area contributed by atoms with Crippen LogP contribution in [-0.4, -0.2) is 20.1 Å². The molecule has 2 aromatic carbocycles. The molecule has 5 heteroatoms. The van der Waals surface area contributed by atoms with Crippen LogP contribution in [0.1, 0.15) is 23.6 Å². The molecule has 0 aliphatic rings. The van der Waals surface area contributed by atoms with Crippen molar-refractivity contribution in [1.82, 2.24) is 10.6 Å². The third-order valence-corrected chi connectivity index (χ3v) is 3.76. The minimum Gasteiger partial charge on any atom is -0.497 e. The summed E-state index contributed by atoms with van der Waals surface area (Å²) in [6, 6.07) is 16.5. The molecule has 0 aromatic heterocycles. The molecule has 0 atom stereocenters. The number of halogens is 1. The Balaban J connectivity index is 0.00000288. The minimum atomic E-state index is 0. The van der Waals surface area contributed by atoms with E-state index < -0.39 is 0 Å². The summed E-state index contributed by atoms with van der Waals surface area (Å²) in [5.74, 6) is 1.66. The maximum absolute atomic E-state index is 5.25. The van der Waals surface area contributed by atoms with Crippen molar-refractivity contribution >= 4 is 29.9 Å². The topological polar surface area (TPSA) is 45.7 Å². The van der Waals surface area contributed by atoms with Gasteiger partial charge in [0.25, 0.3) is 0 Å². The molecular weight excluding hydrogens is 413 g/mol. The molecule has 0 spiro atoms. The van der Waals surface area contributed by atoms with E-state index in [2.05, 4.69) is 52.9 Å². The summed E-state index contributed by atoms with van der Waals surface area (Å²) < 4.78 is 5.25. The highest BCUT2D eigenvalue weighted by Gasteiger charge is 2.03. The molecule has 2 N–H and O–H groups in total. The molecule has 0 radical (unpaired) electrons. The van der Waals surface area contributed by atoms with Gasteiger partial charge in [-0.2, -0.15) is 0 Å². The van der Waals surface area contributed by atoms with E-state index >= 15 is 0 Å². The first-order chi connectivity index (χ1) is 11.3. The van der Waals surface area contributed by atoms with Crippen LogP contribution in [0.25, 0.3) is 0 Å². The highest BCUT2D eigenvalue weighted by molar-refractivity contribution is 14.0. The van der Waals surface area contributed by atoms with Crippen molar-refractivity contribution in [3.05, 3.63) is 65.2 Å². The van der Waals surface area contributed by atoms with Crippen LogP contribution in [0.15, 0.2) is 53.5 Å². The average molecular weight is 439 g/mol. The van der Waals surface area contributed by atoms with Crippen LogP contribution >= 0.6 is 24.0 Å². The molecule has 0 heterocycles. The maximum Gasteiger partial charge on any atom is 0.191 e. The zero-order valence-corrected chi connectivity index (χ0v) is 16.8. The maximum atomic E-state index is 5.25. The Bertz CT molecular complexity index is 659. The Kier molecular flexibility index (Phi) is 9.22. The predicted molar refractivity (Wildman–Crippen MR) is 111 cm³/mol. The van der Waals surface area contributed by atoms with Gasteiger partial charge in [0, 0.05) is 20.1 Å². The molecule has 0 amide bonds. The Labute approximate surface area is 161 Å². The van der Waals surface area contributed by atoms with Gasteiger partial charge in [-0.05, 0) is 35.2 Å². The highest BCUT2D eigenvalue weighted by Crippen LogP contribution is 2.12. The van der Waals surface area contributed by atoms with Crippen LogP contribution in [0, 0.1) is 0 Å². The first kappa shape index (κ1) is 20.3. The Morgan fingerprint density at radius 3 is 2.38 bits per heavy atom. The van der Waals surface area contributed by atoms with E-state index in [1.54, 1.807) is 14.2 Å². The zero-order valence-electron chi connectivity index (χ0n) is 14.5. The summed E-state index contributed by atoms with van der Waals surface area (Å²) in [5, 5.41) is 6.69. The lowest BCUT2D eigenvalue weighted by atomic mass is 10.1. The van der Waals surface area contributed by atoms with Crippen molar-refractivity contribution in [2.45, 2.75) is 26.4 Å². The number of ether oxygens (including phenoxy) is 1. The van der Waals surface area contributed by atoms with E-state index in [1.807, 2.05) is 18.2 Å². The van der Waals surface area contributed by atoms with Gasteiger partial charge in [-0.25, -0.2) is 0 Å². The average Bonchev–Trinajstić information content (AvgIpc) is 2.62. The first-order valence-electron chi connectivity index (χ1n) is 7.91. The van der Waals surface area contributed by atoms with Crippen molar-refractivity contribution in [3.8, 4) is 5.75 Å². The van der Waals surface area contributed by atoms with Crippen LogP contribution in [-0.2, 0) is 19.5 Å². The summed E-state index contributed by atoms with van der Waals surface area (Å²) >= 11 is 0. The number of nitrogens with one attached hydrogen (secondary N) is 2. The fourth-order valence-electron chi connectivity index (χ4n) is 2.44. The summed E-state index contributed by atoms with van der Waals surface area (Å²) in [7, 11) is 3.46. The second kappa shape index (κ2) is 10.9. The number of aryl methyl sites for hydroxylation is 1. The number of benzene rings is 2. The monoisotopic (exact) mass is 439 g/mol. The van der Waals surface area contributed by atoms with Gasteiger partial charge < -0.3 is 15.4 Å². The van der Waals surface area contributed by atoms with E-state index in [0.717, 1.165) is 30.2 Å². The number of guanidine groups is 1. The molecule has 0 saturated heterocycles. The van der Waals surface area contributed by atoms with E-state index in [1.165, 1.54) is 11.1 Å². The molecule has 0 aliphatic carbocycles. The number of methoxy groups -OCH3 is 1. The molecule has 2 rings (SSSR count). The van der Waals surface area contributed by atoms with Gasteiger partial charge in [-0.3, -0.25) is 4.99 Å². The Morgan fingerprint density at radius 1 is 1.00 bits per heavy atom. The van der Waals surface area contributed by atoms with Gasteiger partial charge in [-0.1, -0.05) is 43.3 Å². The molecular formula is C19H26IN3O. The quantitative estimate of drug-likeness (QED) is 0.410. The third kappa shape index (κ3) is 6.03. The van der Waals surface area contributed by atoms with Crippen LogP contribution < -0.4 is 15.4 Å². The first-order valence-corrected chi connectivity index (χ1v) is 7.91. The van der Waals surface area contributed by atoms with E-state index in [9.17, 15) is 0 Å². The van der Waals surface area contributed by atoms with Gasteiger partial charge in [0.05, 0.1) is 7.11 Å². The van der Waals surface area contributed by atoms with Crippen molar-refractivity contribution in [2.24, 2.45) is 4.99 Å². The number of hydrogen-bond donors (Lipinski definition) is 2. The van der Waals surface area contributed by atoms with Crippen molar-refractivity contribution < 1.29 is 4.74 Å². The summed E-state index contributed by atoms with van der Waals surface area (Å²) in [4.78, 5) is 4.28. The smallest absolute Gasteiger partial charge is 0.191 e. The summed E-state index contributed by atoms with van der Waals surface area (Å²) in [6.45, 7) is 3.64. The number of rotatable bonds is 6. The number of nitrogens with zero attached hydrogens (tertiary/aromatic N) is 1. The van der Waals surface area contributed by atoms with Gasteiger partial charge in [0.2, 0.25) is 0 Å². The molecule has 0 aliphatic heterocycles. The van der Waals surface area contributed by atoms with Crippen LogP contribution in [0.4, 0.5) is 0 Å². The van der Waals surface area contributed by atoms with Gasteiger partial charge in [0.1, 0.15) is 5.75 Å². The molecule has 2 aromatic rings. The van der Waals surface area contributed by atoms with Crippen molar-refractivity contribution in [2.75, 3.05) is 14.2 Å². The molecule has 130 valence electrons. The van der Waals surface area contributed by atoms with Crippen molar-refractivity contribution in [3.63, 3.8) is 0 Å². The third-order valence-electron chi connectivity index (χ3n) is 3.76. The van der Waals surface area contributed by atoms with E-state index in [4.69, 9.17) is 4.74 Å². The molecule has 0 bridgehead atoms. The van der Waals surface area contributed by atoms with E-state index in [0.29, 0.717) is 6.54 Å². The largest absolute Gasteiger partial charge is 0.497 e. The van der Waals surface area contributed by atoms with Gasteiger partial charge >= 0.3 is 0 Å². The van der Waals surface area contributed by atoms with E-state index in [-0.39, 0.29) is 24.0 Å². The summed E-state index contributed by atoms with van der Waals surface area (Å²) in [5.41, 5.74) is 3.82. The van der Waals surface area contributed by atoms with Gasteiger partial charge in [0.15, 0.2) is 5.96 Å². The molecule has 0 saturated carbocycles. The fourth-order valence-corrected chi connectivity index (χ4v) is 2.44. The number of hydrogen-bond acceptors (Lipinski definition) is 2. The second-order valence-electron chi connectivity index (χ2n) is 5.25. The molecule has 0 fully saturated rings. The Morgan fingerprint density at radius 2 is 1.71 bits per heavy atom. The lowest BCUT2D eigenvalue weighted by molar-refractivity contribution is 0.414. The molecule has 24 heavy (non-hydrogen) atoms. The fraction of sp³-hybridized carbons (Fsp3) is 0.316. The number of aliphatic imine (C=N–C) groups is 1. The molecule has 0 unspecified atom stereocenters. The standard InChI is InChI=1S/C19H25N3O.HI/c1-4-16-9-5-6-10-17(16)14-22-19(20-2)21-13-15-8-7-11-18(12-15)23-3;/h5-12H,4,13-14H2,1-3H3,(H2,20,21,22);1H. The summed E-state index contributed by atoms with van der Waals surface area (Å²) in [6.07, 6.45) is 1.04. The zero-order chi connectivity index (χ0) is 16.5. The van der Waals surface area contributed by atoms with Crippen molar-refractivity contribution in [1.29, 1.82) is 0 Å².